The Morgan fingerprint density at radius 2 is 2.00 bits per heavy atom. The molecule has 3 rings (SSSR count). The molecule has 0 unspecified atom stereocenters. The molecule has 0 aliphatic carbocycles. The summed E-state index contributed by atoms with van der Waals surface area (Å²) in [7, 11) is 2.26. The van der Waals surface area contributed by atoms with Gasteiger partial charge < -0.3 is 15.4 Å². The second kappa shape index (κ2) is 4.90. The summed E-state index contributed by atoms with van der Waals surface area (Å²) >= 11 is 0. The lowest BCUT2D eigenvalue weighted by molar-refractivity contribution is 0.0661. The molecule has 3 heteroatoms. The van der Waals surface area contributed by atoms with Crippen molar-refractivity contribution in [3.63, 3.8) is 0 Å². The van der Waals surface area contributed by atoms with E-state index in [1.807, 2.05) is 18.2 Å². The summed E-state index contributed by atoms with van der Waals surface area (Å²) < 4.78 is 6.14. The van der Waals surface area contributed by atoms with Gasteiger partial charge in [0, 0.05) is 18.6 Å². The Balaban J connectivity index is 1.66. The van der Waals surface area contributed by atoms with Gasteiger partial charge in [-0.2, -0.15) is 0 Å². The van der Waals surface area contributed by atoms with Gasteiger partial charge in [-0.25, -0.2) is 0 Å². The molecule has 0 amide bonds. The van der Waals surface area contributed by atoms with Crippen molar-refractivity contribution in [2.24, 2.45) is 5.73 Å². The summed E-state index contributed by atoms with van der Waals surface area (Å²) in [5, 5.41) is 0. The van der Waals surface area contributed by atoms with Crippen LogP contribution in [0.1, 0.15) is 31.2 Å². The van der Waals surface area contributed by atoms with Gasteiger partial charge in [0.2, 0.25) is 0 Å². The van der Waals surface area contributed by atoms with E-state index in [4.69, 9.17) is 10.5 Å². The molecular formula is C15H22N2O. The molecular weight excluding hydrogens is 224 g/mol. The zero-order valence-electron chi connectivity index (χ0n) is 11.0. The molecule has 1 aromatic carbocycles. The number of nitrogens with two attached hydrogens (primary N) is 1. The largest absolute Gasteiger partial charge is 0.490 e. The molecule has 3 nitrogen and oxygen atoms in total. The van der Waals surface area contributed by atoms with Crippen molar-refractivity contribution in [2.75, 3.05) is 7.05 Å². The summed E-state index contributed by atoms with van der Waals surface area (Å²) in [6, 6.07) is 9.64. The predicted molar refractivity (Wildman–Crippen MR) is 72.6 cm³/mol. The van der Waals surface area contributed by atoms with Crippen LogP contribution in [0.15, 0.2) is 24.3 Å². The van der Waals surface area contributed by atoms with Crippen molar-refractivity contribution in [2.45, 2.75) is 50.4 Å². The van der Waals surface area contributed by atoms with Gasteiger partial charge in [-0.05, 0) is 50.4 Å². The normalized spacial score (nSPS) is 31.6. The highest BCUT2D eigenvalue weighted by Gasteiger charge is 2.39. The third-order valence-corrected chi connectivity index (χ3v) is 4.49. The number of piperidine rings is 1. The van der Waals surface area contributed by atoms with Gasteiger partial charge in [0.15, 0.2) is 0 Å². The van der Waals surface area contributed by atoms with Gasteiger partial charge >= 0.3 is 0 Å². The third-order valence-electron chi connectivity index (χ3n) is 4.49. The van der Waals surface area contributed by atoms with Crippen molar-refractivity contribution >= 4 is 0 Å². The van der Waals surface area contributed by atoms with Crippen LogP contribution >= 0.6 is 0 Å². The summed E-state index contributed by atoms with van der Waals surface area (Å²) in [6.07, 6.45) is 5.39. The van der Waals surface area contributed by atoms with Crippen LogP contribution in [0.25, 0.3) is 0 Å². The van der Waals surface area contributed by atoms with E-state index >= 15 is 0 Å². The fourth-order valence-electron chi connectivity index (χ4n) is 3.40. The lowest BCUT2D eigenvalue weighted by Crippen LogP contribution is -2.43. The maximum absolute atomic E-state index is 6.14. The molecule has 2 heterocycles. The first-order valence-electron chi connectivity index (χ1n) is 6.94. The van der Waals surface area contributed by atoms with Gasteiger partial charge in [-0.1, -0.05) is 12.1 Å². The molecule has 2 saturated heterocycles. The third kappa shape index (κ3) is 2.25. The summed E-state index contributed by atoms with van der Waals surface area (Å²) in [5.74, 6) is 0.979. The van der Waals surface area contributed by atoms with Crippen LogP contribution in [0.2, 0.25) is 0 Å². The average molecular weight is 246 g/mol. The van der Waals surface area contributed by atoms with Crippen LogP contribution in [0.3, 0.4) is 0 Å². The highest BCUT2D eigenvalue weighted by atomic mass is 16.5. The second-order valence-electron chi connectivity index (χ2n) is 5.61. The van der Waals surface area contributed by atoms with Crippen LogP contribution in [0.5, 0.6) is 5.75 Å². The second-order valence-corrected chi connectivity index (χ2v) is 5.61. The number of hydrogen-bond acceptors (Lipinski definition) is 3. The molecule has 2 aliphatic heterocycles. The van der Waals surface area contributed by atoms with Crippen LogP contribution < -0.4 is 10.5 Å². The van der Waals surface area contributed by atoms with Crippen molar-refractivity contribution in [3.05, 3.63) is 29.8 Å². The van der Waals surface area contributed by atoms with Crippen molar-refractivity contribution in [1.29, 1.82) is 0 Å². The molecule has 0 saturated carbocycles. The molecule has 2 bridgehead atoms. The fourth-order valence-corrected chi connectivity index (χ4v) is 3.40. The zero-order chi connectivity index (χ0) is 12.5. The van der Waals surface area contributed by atoms with Gasteiger partial charge in [-0.3, -0.25) is 0 Å². The lowest BCUT2D eigenvalue weighted by atomic mass is 10.0. The zero-order valence-corrected chi connectivity index (χ0v) is 11.0. The Morgan fingerprint density at radius 3 is 2.67 bits per heavy atom. The molecule has 0 radical (unpaired) electrons. The first-order chi connectivity index (χ1) is 8.76. The maximum Gasteiger partial charge on any atom is 0.120 e. The SMILES string of the molecule is CN1[C@@H]2CC[C@H]1C[C@@H](Oc1cccc(CN)c1)C2. The van der Waals surface area contributed by atoms with E-state index in [-0.39, 0.29) is 0 Å². The number of fused-ring (bicyclic) bond motifs is 2. The number of nitrogens with zero attached hydrogens (tertiary/aromatic N) is 1. The fraction of sp³-hybridized carbons (Fsp3) is 0.600. The molecule has 1 aromatic rings. The molecule has 2 fully saturated rings. The average Bonchev–Trinajstić information content (AvgIpc) is 2.62. The van der Waals surface area contributed by atoms with E-state index in [0.717, 1.165) is 23.4 Å². The molecule has 2 aliphatic rings. The molecule has 98 valence electrons. The minimum atomic E-state index is 0.381. The van der Waals surface area contributed by atoms with Gasteiger partial charge in [-0.15, -0.1) is 0 Å². The minimum absolute atomic E-state index is 0.381. The van der Waals surface area contributed by atoms with Gasteiger partial charge in [0.25, 0.3) is 0 Å². The van der Waals surface area contributed by atoms with E-state index in [9.17, 15) is 0 Å². The molecule has 3 atom stereocenters. The van der Waals surface area contributed by atoms with Crippen LogP contribution in [-0.4, -0.2) is 30.1 Å². The standard InChI is InChI=1S/C15H22N2O/c1-17-12-5-6-13(17)9-15(8-12)18-14-4-2-3-11(7-14)10-16/h2-4,7,12-13,15H,5-6,8-10,16H2,1H3/t12-,13+,15+. The highest BCUT2D eigenvalue weighted by molar-refractivity contribution is 5.28. The smallest absolute Gasteiger partial charge is 0.120 e. The first kappa shape index (κ1) is 12.0. The van der Waals surface area contributed by atoms with Crippen LogP contribution in [-0.2, 0) is 6.54 Å². The minimum Gasteiger partial charge on any atom is -0.490 e. The Hall–Kier alpha value is -1.06. The number of rotatable bonds is 3. The summed E-state index contributed by atoms with van der Waals surface area (Å²) in [4.78, 5) is 2.54. The highest BCUT2D eigenvalue weighted by Crippen LogP contribution is 2.35. The first-order valence-corrected chi connectivity index (χ1v) is 6.94. The number of benzene rings is 1. The van der Waals surface area contributed by atoms with Crippen LogP contribution in [0, 0.1) is 0 Å². The summed E-state index contributed by atoms with van der Waals surface area (Å²) in [6.45, 7) is 0.579. The maximum atomic E-state index is 6.14. The quantitative estimate of drug-likeness (QED) is 0.888. The number of ether oxygens (including phenoxy) is 1. The monoisotopic (exact) mass is 246 g/mol. The van der Waals surface area contributed by atoms with Gasteiger partial charge in [0.05, 0.1) is 0 Å². The molecule has 2 N–H and O–H groups in total. The predicted octanol–water partition coefficient (Wildman–Crippen LogP) is 2.15. The Morgan fingerprint density at radius 1 is 1.28 bits per heavy atom. The Labute approximate surface area is 109 Å². The number of hydrogen-bond donors (Lipinski definition) is 1. The molecule has 0 aromatic heterocycles. The van der Waals surface area contributed by atoms with E-state index in [1.165, 1.54) is 25.7 Å². The van der Waals surface area contributed by atoms with E-state index in [0.29, 0.717) is 12.6 Å². The Kier molecular flexibility index (Phi) is 3.27. The van der Waals surface area contributed by atoms with Crippen LogP contribution in [0.4, 0.5) is 0 Å². The van der Waals surface area contributed by atoms with Crippen molar-refractivity contribution in [3.8, 4) is 5.75 Å². The van der Waals surface area contributed by atoms with Crippen molar-refractivity contribution < 1.29 is 4.74 Å². The van der Waals surface area contributed by atoms with Crippen molar-refractivity contribution in [1.82, 2.24) is 4.90 Å². The van der Waals surface area contributed by atoms with Gasteiger partial charge in [0.1, 0.15) is 11.9 Å². The van der Waals surface area contributed by atoms with E-state index in [2.05, 4.69) is 18.0 Å². The topological polar surface area (TPSA) is 38.5 Å². The van der Waals surface area contributed by atoms with E-state index in [1.54, 1.807) is 0 Å². The lowest BCUT2D eigenvalue weighted by Gasteiger charge is -2.36. The molecule has 18 heavy (non-hydrogen) atoms. The molecule has 0 spiro atoms. The van der Waals surface area contributed by atoms with E-state index < -0.39 is 0 Å². The summed E-state index contributed by atoms with van der Waals surface area (Å²) in [5.41, 5.74) is 6.80. The Bertz CT molecular complexity index is 407.